The van der Waals surface area contributed by atoms with Gasteiger partial charge in [-0.3, -0.25) is 19.3 Å². The van der Waals surface area contributed by atoms with E-state index in [2.05, 4.69) is 5.10 Å². The topological polar surface area (TPSA) is 75.5 Å². The van der Waals surface area contributed by atoms with Crippen LogP contribution in [-0.4, -0.2) is 50.9 Å². The first-order valence-electron chi connectivity index (χ1n) is 9.43. The van der Waals surface area contributed by atoms with Gasteiger partial charge in [-0.1, -0.05) is 29.8 Å². The summed E-state index contributed by atoms with van der Waals surface area (Å²) in [5.74, 6) is -0.871. The molecule has 2 heterocycles. The van der Waals surface area contributed by atoms with E-state index in [1.54, 1.807) is 59.2 Å². The molecule has 4 rings (SSSR count). The number of carbonyl (C=O) groups is 3. The molecule has 0 unspecified atom stereocenters. The minimum atomic E-state index is -0.353. The van der Waals surface area contributed by atoms with Gasteiger partial charge in [-0.25, -0.2) is 4.68 Å². The standard InChI is InChI=1S/C22H19ClN4O3/c1-25(13-15-12-24-27(14-15)17-6-4-5-16(23)11-17)20(28)9-10-26-21(29)18-7-2-3-8-19(18)22(26)30/h2-8,11-12,14H,9-10,13H2,1H3. The van der Waals surface area contributed by atoms with Crippen molar-refractivity contribution in [1.82, 2.24) is 19.6 Å². The highest BCUT2D eigenvalue weighted by molar-refractivity contribution is 6.30. The molecule has 1 aromatic heterocycles. The van der Waals surface area contributed by atoms with E-state index in [-0.39, 0.29) is 30.7 Å². The van der Waals surface area contributed by atoms with Crippen molar-refractivity contribution < 1.29 is 14.4 Å². The van der Waals surface area contributed by atoms with Crippen LogP contribution in [0.15, 0.2) is 60.9 Å². The Bertz CT molecular complexity index is 1110. The Hall–Kier alpha value is -3.45. The summed E-state index contributed by atoms with van der Waals surface area (Å²) in [4.78, 5) is 40.0. The molecule has 0 saturated carbocycles. The number of aromatic nitrogens is 2. The third-order valence-electron chi connectivity index (χ3n) is 4.98. The summed E-state index contributed by atoms with van der Waals surface area (Å²) in [6.45, 7) is 0.415. The van der Waals surface area contributed by atoms with Gasteiger partial charge in [0.2, 0.25) is 5.91 Å². The Morgan fingerprint density at radius 1 is 1.07 bits per heavy atom. The predicted octanol–water partition coefficient (Wildman–Crippen LogP) is 3.17. The van der Waals surface area contributed by atoms with Crippen molar-refractivity contribution in [2.45, 2.75) is 13.0 Å². The van der Waals surface area contributed by atoms with E-state index >= 15 is 0 Å². The van der Waals surface area contributed by atoms with Crippen molar-refractivity contribution in [2.75, 3.05) is 13.6 Å². The SMILES string of the molecule is CN(Cc1cnn(-c2cccc(Cl)c2)c1)C(=O)CCN1C(=O)c2ccccc2C1=O. The van der Waals surface area contributed by atoms with Crippen LogP contribution in [0.3, 0.4) is 0 Å². The quantitative estimate of drug-likeness (QED) is 0.572. The zero-order valence-corrected chi connectivity index (χ0v) is 17.0. The number of fused-ring (bicyclic) bond motifs is 1. The van der Waals surface area contributed by atoms with Crippen LogP contribution >= 0.6 is 11.6 Å². The molecular weight excluding hydrogens is 404 g/mol. The van der Waals surface area contributed by atoms with Gasteiger partial charge in [0.05, 0.1) is 23.0 Å². The molecule has 0 aliphatic carbocycles. The van der Waals surface area contributed by atoms with Crippen LogP contribution in [0.1, 0.15) is 32.7 Å². The minimum Gasteiger partial charge on any atom is -0.341 e. The van der Waals surface area contributed by atoms with Crippen molar-refractivity contribution in [1.29, 1.82) is 0 Å². The Morgan fingerprint density at radius 3 is 2.43 bits per heavy atom. The summed E-state index contributed by atoms with van der Waals surface area (Å²) in [5.41, 5.74) is 2.45. The van der Waals surface area contributed by atoms with Crippen molar-refractivity contribution in [3.8, 4) is 5.69 Å². The highest BCUT2D eigenvalue weighted by atomic mass is 35.5. The second-order valence-electron chi connectivity index (χ2n) is 7.08. The molecule has 3 aromatic rings. The molecule has 0 bridgehead atoms. The van der Waals surface area contributed by atoms with Crippen LogP contribution in [0.25, 0.3) is 5.69 Å². The molecule has 0 fully saturated rings. The lowest BCUT2D eigenvalue weighted by atomic mass is 10.1. The maximum Gasteiger partial charge on any atom is 0.261 e. The van der Waals surface area contributed by atoms with E-state index in [1.807, 2.05) is 18.3 Å². The number of nitrogens with zero attached hydrogens (tertiary/aromatic N) is 4. The average Bonchev–Trinajstić information content (AvgIpc) is 3.30. The van der Waals surface area contributed by atoms with E-state index in [0.717, 1.165) is 16.2 Å². The summed E-state index contributed by atoms with van der Waals surface area (Å²) in [6, 6.07) is 14.0. The van der Waals surface area contributed by atoms with E-state index in [4.69, 9.17) is 11.6 Å². The van der Waals surface area contributed by atoms with Gasteiger partial charge in [-0.05, 0) is 30.3 Å². The molecule has 1 aliphatic rings. The fourth-order valence-electron chi connectivity index (χ4n) is 3.40. The highest BCUT2D eigenvalue weighted by Crippen LogP contribution is 2.22. The number of hydrogen-bond acceptors (Lipinski definition) is 4. The Balaban J connectivity index is 1.35. The molecule has 8 heteroatoms. The molecule has 0 radical (unpaired) electrons. The first-order chi connectivity index (χ1) is 14.4. The first kappa shape index (κ1) is 19.8. The number of imide groups is 1. The second-order valence-corrected chi connectivity index (χ2v) is 7.52. The van der Waals surface area contributed by atoms with Gasteiger partial charge in [-0.2, -0.15) is 5.10 Å². The summed E-state index contributed by atoms with van der Waals surface area (Å²) < 4.78 is 1.69. The molecular formula is C22H19ClN4O3. The maximum absolute atomic E-state index is 12.5. The van der Waals surface area contributed by atoms with Gasteiger partial charge < -0.3 is 4.90 Å². The molecule has 7 nitrogen and oxygen atoms in total. The van der Waals surface area contributed by atoms with Crippen molar-refractivity contribution in [2.24, 2.45) is 0 Å². The van der Waals surface area contributed by atoms with Crippen molar-refractivity contribution in [3.63, 3.8) is 0 Å². The monoisotopic (exact) mass is 422 g/mol. The summed E-state index contributed by atoms with van der Waals surface area (Å²) in [5, 5.41) is 4.93. The third-order valence-corrected chi connectivity index (χ3v) is 5.22. The average molecular weight is 423 g/mol. The molecule has 0 N–H and O–H groups in total. The maximum atomic E-state index is 12.5. The Labute approximate surface area is 178 Å². The lowest BCUT2D eigenvalue weighted by Gasteiger charge is -2.18. The second kappa shape index (κ2) is 8.12. The van der Waals surface area contributed by atoms with Gasteiger partial charge in [0.25, 0.3) is 11.8 Å². The molecule has 30 heavy (non-hydrogen) atoms. The summed E-state index contributed by atoms with van der Waals surface area (Å²) in [6.07, 6.45) is 3.58. The lowest BCUT2D eigenvalue weighted by molar-refractivity contribution is -0.130. The summed E-state index contributed by atoms with van der Waals surface area (Å²) in [7, 11) is 1.68. The Kier molecular flexibility index (Phi) is 5.37. The van der Waals surface area contributed by atoms with Crippen molar-refractivity contribution >= 4 is 29.3 Å². The van der Waals surface area contributed by atoms with Crippen molar-refractivity contribution in [3.05, 3.63) is 82.6 Å². The van der Waals surface area contributed by atoms with Gasteiger partial charge >= 0.3 is 0 Å². The van der Waals surface area contributed by atoms with Crippen LogP contribution in [-0.2, 0) is 11.3 Å². The van der Waals surface area contributed by atoms with Crippen LogP contribution < -0.4 is 0 Å². The molecule has 0 atom stereocenters. The summed E-state index contributed by atoms with van der Waals surface area (Å²) >= 11 is 6.02. The van der Waals surface area contributed by atoms with Gasteiger partial charge in [0.15, 0.2) is 0 Å². The largest absolute Gasteiger partial charge is 0.341 e. The number of rotatable bonds is 6. The molecule has 152 valence electrons. The van der Waals surface area contributed by atoms with Crippen LogP contribution in [0.4, 0.5) is 0 Å². The normalized spacial score (nSPS) is 12.9. The van der Waals surface area contributed by atoms with Gasteiger partial charge in [-0.15, -0.1) is 0 Å². The Morgan fingerprint density at radius 2 is 1.77 bits per heavy atom. The van der Waals surface area contributed by atoms with E-state index < -0.39 is 0 Å². The zero-order valence-electron chi connectivity index (χ0n) is 16.3. The number of halogens is 1. The van der Waals surface area contributed by atoms with Gasteiger partial charge in [0, 0.05) is 43.3 Å². The number of carbonyl (C=O) groups excluding carboxylic acids is 3. The van der Waals surface area contributed by atoms with E-state index in [1.165, 1.54) is 0 Å². The molecule has 0 spiro atoms. The predicted molar refractivity (Wildman–Crippen MR) is 111 cm³/mol. The van der Waals surface area contributed by atoms with Crippen LogP contribution in [0.5, 0.6) is 0 Å². The molecule has 0 saturated heterocycles. The fraction of sp³-hybridized carbons (Fsp3) is 0.182. The lowest BCUT2D eigenvalue weighted by Crippen LogP contribution is -2.35. The third kappa shape index (κ3) is 3.84. The molecule has 3 amide bonds. The molecule has 1 aliphatic heterocycles. The number of hydrogen-bond donors (Lipinski definition) is 0. The van der Waals surface area contributed by atoms with Crippen LogP contribution in [0.2, 0.25) is 5.02 Å². The first-order valence-corrected chi connectivity index (χ1v) is 9.80. The number of amides is 3. The van der Waals surface area contributed by atoms with E-state index in [0.29, 0.717) is 22.7 Å². The smallest absolute Gasteiger partial charge is 0.261 e. The minimum absolute atomic E-state index is 0.0529. The molecule has 2 aromatic carbocycles. The van der Waals surface area contributed by atoms with E-state index in [9.17, 15) is 14.4 Å². The fourth-order valence-corrected chi connectivity index (χ4v) is 3.59. The number of benzene rings is 2. The highest BCUT2D eigenvalue weighted by Gasteiger charge is 2.35. The van der Waals surface area contributed by atoms with Crippen LogP contribution in [0, 0.1) is 0 Å². The van der Waals surface area contributed by atoms with Gasteiger partial charge in [0.1, 0.15) is 0 Å². The zero-order chi connectivity index (χ0) is 21.3.